The van der Waals surface area contributed by atoms with Gasteiger partial charge in [-0.1, -0.05) is 36.4 Å². The minimum atomic E-state index is -3.26. The predicted molar refractivity (Wildman–Crippen MR) is 130 cm³/mol. The molecule has 0 spiro atoms. The van der Waals surface area contributed by atoms with Crippen molar-refractivity contribution in [3.8, 4) is 11.1 Å². The van der Waals surface area contributed by atoms with E-state index in [2.05, 4.69) is 17.0 Å². The van der Waals surface area contributed by atoms with Crippen LogP contribution in [0.2, 0.25) is 0 Å². The molecule has 0 unspecified atom stereocenters. The van der Waals surface area contributed by atoms with Crippen LogP contribution >= 0.6 is 0 Å². The van der Waals surface area contributed by atoms with Crippen LogP contribution in [0.5, 0.6) is 0 Å². The van der Waals surface area contributed by atoms with Crippen molar-refractivity contribution in [3.05, 3.63) is 59.7 Å². The molecule has 2 aliphatic rings. The van der Waals surface area contributed by atoms with Crippen LogP contribution in [0.15, 0.2) is 48.5 Å². The zero-order valence-corrected chi connectivity index (χ0v) is 20.3. The fourth-order valence-corrected chi connectivity index (χ4v) is 6.08. The van der Waals surface area contributed by atoms with E-state index in [1.54, 1.807) is 23.3 Å². The third-order valence-electron chi connectivity index (χ3n) is 6.95. The maximum atomic E-state index is 12.3. The first-order valence-electron chi connectivity index (χ1n) is 11.4. The Labute approximate surface area is 196 Å². The maximum Gasteiger partial charge on any atom is 0.253 e. The molecule has 2 aliphatic heterocycles. The molecule has 0 bridgehead atoms. The van der Waals surface area contributed by atoms with Crippen LogP contribution < -0.4 is 0 Å². The number of amides is 1. The molecule has 0 aliphatic carbocycles. The van der Waals surface area contributed by atoms with Crippen molar-refractivity contribution in [2.24, 2.45) is 0 Å². The van der Waals surface area contributed by atoms with Crippen LogP contribution in [-0.2, 0) is 10.0 Å². The summed E-state index contributed by atoms with van der Waals surface area (Å²) < 4.78 is 26.1. The van der Waals surface area contributed by atoms with Gasteiger partial charge in [-0.05, 0) is 48.2 Å². The number of fused-ring (bicyclic) bond motifs is 1. The van der Waals surface area contributed by atoms with Crippen molar-refractivity contribution in [3.63, 3.8) is 0 Å². The van der Waals surface area contributed by atoms with Crippen LogP contribution in [0.3, 0.4) is 0 Å². The van der Waals surface area contributed by atoms with Crippen molar-refractivity contribution in [1.82, 2.24) is 14.1 Å². The summed E-state index contributed by atoms with van der Waals surface area (Å²) in [7, 11) is 0.215. The SMILES string of the molecule is CN(C)C(=O)c1cccc(-c2ccc([C@@H]3[C@@H](CO)N4CCCCN(S(C)(=O)=O)C[C@H]34)cc2)c1. The van der Waals surface area contributed by atoms with Gasteiger partial charge in [0.05, 0.1) is 12.9 Å². The van der Waals surface area contributed by atoms with Crippen LogP contribution in [0.1, 0.15) is 34.7 Å². The quantitative estimate of drug-likeness (QED) is 0.723. The van der Waals surface area contributed by atoms with Gasteiger partial charge in [-0.25, -0.2) is 12.7 Å². The first-order valence-corrected chi connectivity index (χ1v) is 13.3. The molecular weight excluding hydrogens is 438 g/mol. The van der Waals surface area contributed by atoms with Crippen LogP contribution in [0.25, 0.3) is 11.1 Å². The second kappa shape index (κ2) is 9.54. The van der Waals surface area contributed by atoms with E-state index in [4.69, 9.17) is 0 Å². The second-order valence-corrected chi connectivity index (χ2v) is 11.3. The lowest BCUT2D eigenvalue weighted by Gasteiger charge is -2.57. The highest BCUT2D eigenvalue weighted by Crippen LogP contribution is 2.42. The Balaban J connectivity index is 1.59. The fraction of sp³-hybridized carbons (Fsp3) is 0.480. The number of aliphatic hydroxyl groups is 1. The Kier molecular flexibility index (Phi) is 6.91. The fourth-order valence-electron chi connectivity index (χ4n) is 5.20. The lowest BCUT2D eigenvalue weighted by atomic mass is 9.74. The van der Waals surface area contributed by atoms with E-state index in [1.807, 2.05) is 36.4 Å². The molecule has 1 amide bonds. The molecule has 2 fully saturated rings. The van der Waals surface area contributed by atoms with E-state index in [1.165, 1.54) is 6.26 Å². The van der Waals surface area contributed by atoms with E-state index in [0.29, 0.717) is 18.7 Å². The normalized spacial score (nSPS) is 24.3. The van der Waals surface area contributed by atoms with E-state index in [9.17, 15) is 18.3 Å². The Morgan fingerprint density at radius 3 is 2.39 bits per heavy atom. The molecule has 0 radical (unpaired) electrons. The summed E-state index contributed by atoms with van der Waals surface area (Å²) in [5, 5.41) is 10.1. The highest BCUT2D eigenvalue weighted by atomic mass is 32.2. The number of carbonyl (C=O) groups is 1. The van der Waals surface area contributed by atoms with Crippen LogP contribution in [0, 0.1) is 0 Å². The van der Waals surface area contributed by atoms with Crippen molar-refractivity contribution in [2.45, 2.75) is 30.8 Å². The molecule has 0 aromatic heterocycles. The number of nitrogens with zero attached hydrogens (tertiary/aromatic N) is 3. The highest BCUT2D eigenvalue weighted by molar-refractivity contribution is 7.88. The monoisotopic (exact) mass is 471 g/mol. The molecule has 7 nitrogen and oxygen atoms in total. The summed E-state index contributed by atoms with van der Waals surface area (Å²) in [5.41, 5.74) is 3.73. The van der Waals surface area contributed by atoms with Gasteiger partial charge in [-0.3, -0.25) is 9.69 Å². The van der Waals surface area contributed by atoms with Gasteiger partial charge >= 0.3 is 0 Å². The van der Waals surface area contributed by atoms with Gasteiger partial charge in [0.2, 0.25) is 10.0 Å². The standard InChI is InChI=1S/C25H33N3O4S/c1-26(2)25(30)21-8-6-7-20(15-21)18-9-11-19(12-10-18)24-22-16-27(33(3,31)32)13-4-5-14-28(22)23(24)17-29/h6-12,15,22-24,29H,4-5,13-14,16-17H2,1-3H3/t22-,23-,24+/m1/s1. The molecular formula is C25H33N3O4S. The smallest absolute Gasteiger partial charge is 0.253 e. The average Bonchev–Trinajstić information content (AvgIpc) is 2.77. The van der Waals surface area contributed by atoms with Gasteiger partial charge < -0.3 is 10.0 Å². The lowest BCUT2D eigenvalue weighted by molar-refractivity contribution is -0.0553. The lowest BCUT2D eigenvalue weighted by Crippen LogP contribution is -2.67. The number of carbonyl (C=O) groups excluding carboxylic acids is 1. The largest absolute Gasteiger partial charge is 0.395 e. The molecule has 178 valence electrons. The molecule has 3 atom stereocenters. The third-order valence-corrected chi connectivity index (χ3v) is 8.22. The zero-order chi connectivity index (χ0) is 23.8. The van der Waals surface area contributed by atoms with E-state index >= 15 is 0 Å². The van der Waals surface area contributed by atoms with Crippen molar-refractivity contribution >= 4 is 15.9 Å². The molecule has 4 rings (SSSR count). The number of sulfonamides is 1. The first kappa shape index (κ1) is 23.9. The van der Waals surface area contributed by atoms with Crippen LogP contribution in [-0.4, -0.2) is 92.2 Å². The Morgan fingerprint density at radius 2 is 1.76 bits per heavy atom. The Bertz CT molecular complexity index is 1100. The minimum absolute atomic E-state index is 0.00130. The number of aliphatic hydroxyl groups excluding tert-OH is 1. The van der Waals surface area contributed by atoms with Gasteiger partial charge in [-0.15, -0.1) is 0 Å². The number of hydrogen-bond donors (Lipinski definition) is 1. The van der Waals surface area contributed by atoms with Crippen molar-refractivity contribution in [1.29, 1.82) is 0 Å². The second-order valence-electron chi connectivity index (χ2n) is 9.31. The Hall–Kier alpha value is -2.26. The van der Waals surface area contributed by atoms with E-state index < -0.39 is 10.0 Å². The van der Waals surface area contributed by atoms with E-state index in [-0.39, 0.29) is 30.5 Å². The highest BCUT2D eigenvalue weighted by Gasteiger charge is 2.49. The summed E-state index contributed by atoms with van der Waals surface area (Å²) >= 11 is 0. The number of rotatable bonds is 5. The molecule has 2 heterocycles. The number of hydrogen-bond acceptors (Lipinski definition) is 5. The Morgan fingerprint density at radius 1 is 1.06 bits per heavy atom. The van der Waals surface area contributed by atoms with Gasteiger partial charge in [0, 0.05) is 50.7 Å². The van der Waals surface area contributed by atoms with Gasteiger partial charge in [0.15, 0.2) is 0 Å². The molecule has 2 saturated heterocycles. The van der Waals surface area contributed by atoms with Gasteiger partial charge in [0.25, 0.3) is 5.91 Å². The maximum absolute atomic E-state index is 12.3. The summed E-state index contributed by atoms with van der Waals surface area (Å²) in [6, 6.07) is 15.9. The first-order chi connectivity index (χ1) is 15.7. The average molecular weight is 472 g/mol. The zero-order valence-electron chi connectivity index (χ0n) is 19.5. The summed E-state index contributed by atoms with van der Waals surface area (Å²) in [4.78, 5) is 16.2. The van der Waals surface area contributed by atoms with Crippen LogP contribution in [0.4, 0.5) is 0 Å². The molecule has 2 aromatic rings. The molecule has 0 saturated carbocycles. The van der Waals surface area contributed by atoms with Crippen molar-refractivity contribution in [2.75, 3.05) is 46.6 Å². The van der Waals surface area contributed by atoms with Gasteiger partial charge in [0.1, 0.15) is 0 Å². The van der Waals surface area contributed by atoms with Gasteiger partial charge in [-0.2, -0.15) is 0 Å². The molecule has 8 heteroatoms. The predicted octanol–water partition coefficient (Wildman–Crippen LogP) is 2.24. The summed E-state index contributed by atoms with van der Waals surface area (Å²) in [5.74, 6) is 0.0431. The molecule has 1 N–H and O–H groups in total. The molecule has 2 aromatic carbocycles. The van der Waals surface area contributed by atoms with Crippen molar-refractivity contribution < 1.29 is 18.3 Å². The topological polar surface area (TPSA) is 81.2 Å². The van der Waals surface area contributed by atoms with E-state index in [0.717, 1.165) is 36.1 Å². The number of benzene rings is 2. The summed E-state index contributed by atoms with van der Waals surface area (Å²) in [6.45, 7) is 1.95. The third kappa shape index (κ3) is 4.84. The summed E-state index contributed by atoms with van der Waals surface area (Å²) in [6.07, 6.45) is 3.04. The molecule has 33 heavy (non-hydrogen) atoms. The minimum Gasteiger partial charge on any atom is -0.395 e.